The van der Waals surface area contributed by atoms with Crippen LogP contribution in [0.1, 0.15) is 72.8 Å². The number of ether oxygens (including phenoxy) is 3. The van der Waals surface area contributed by atoms with Crippen LogP contribution in [0.3, 0.4) is 0 Å². The SMILES string of the molecule is COCCCOc1cc(CC(CC(N)C(O)CC(CC(C)(C)C(N)=O)(C(N)=O)C(C)C)C(C)C)ccc1OC. The van der Waals surface area contributed by atoms with Crippen LogP contribution < -0.4 is 26.7 Å². The number of aliphatic hydroxyl groups is 1. The Labute approximate surface area is 235 Å². The van der Waals surface area contributed by atoms with Crippen LogP contribution in [-0.2, 0) is 20.7 Å². The molecule has 0 heterocycles. The average molecular weight is 552 g/mol. The van der Waals surface area contributed by atoms with Gasteiger partial charge in [-0.25, -0.2) is 0 Å². The highest BCUT2D eigenvalue weighted by atomic mass is 16.5. The fraction of sp³-hybridized carbons (Fsp3) is 0.733. The molecule has 0 fully saturated rings. The van der Waals surface area contributed by atoms with Crippen LogP contribution in [0.4, 0.5) is 0 Å². The lowest BCUT2D eigenvalue weighted by atomic mass is 9.63. The minimum atomic E-state index is -1.13. The zero-order chi connectivity index (χ0) is 30.0. The van der Waals surface area contributed by atoms with Crippen molar-refractivity contribution in [3.63, 3.8) is 0 Å². The zero-order valence-corrected chi connectivity index (χ0v) is 25.3. The van der Waals surface area contributed by atoms with E-state index < -0.39 is 34.8 Å². The number of hydrogen-bond donors (Lipinski definition) is 4. The molecule has 0 aliphatic heterocycles. The second-order valence-corrected chi connectivity index (χ2v) is 12.2. The summed E-state index contributed by atoms with van der Waals surface area (Å²) < 4.78 is 16.5. The predicted molar refractivity (Wildman–Crippen MR) is 154 cm³/mol. The number of methoxy groups -OCH3 is 2. The van der Waals surface area contributed by atoms with Gasteiger partial charge in [-0.2, -0.15) is 0 Å². The van der Waals surface area contributed by atoms with Crippen LogP contribution in [0.5, 0.6) is 11.5 Å². The van der Waals surface area contributed by atoms with E-state index in [-0.39, 0.29) is 30.6 Å². The number of carbonyl (C=O) groups excluding carboxylic acids is 2. The van der Waals surface area contributed by atoms with Gasteiger partial charge in [0.25, 0.3) is 0 Å². The lowest BCUT2D eigenvalue weighted by Crippen LogP contribution is -2.51. The molecule has 7 N–H and O–H groups in total. The normalized spacial score (nSPS) is 16.0. The maximum atomic E-state index is 12.8. The number of benzene rings is 1. The van der Waals surface area contributed by atoms with Gasteiger partial charge < -0.3 is 36.5 Å². The second-order valence-electron chi connectivity index (χ2n) is 12.2. The number of amides is 2. The van der Waals surface area contributed by atoms with Crippen molar-refractivity contribution >= 4 is 11.8 Å². The summed E-state index contributed by atoms with van der Waals surface area (Å²) in [4.78, 5) is 24.8. The maximum Gasteiger partial charge on any atom is 0.224 e. The Morgan fingerprint density at radius 3 is 2.13 bits per heavy atom. The Hall–Kier alpha value is -2.36. The summed E-state index contributed by atoms with van der Waals surface area (Å²) in [7, 11) is 3.27. The quantitative estimate of drug-likeness (QED) is 0.192. The Morgan fingerprint density at radius 2 is 1.64 bits per heavy atom. The van der Waals surface area contributed by atoms with E-state index >= 15 is 0 Å². The van der Waals surface area contributed by atoms with E-state index in [1.54, 1.807) is 28.1 Å². The van der Waals surface area contributed by atoms with Gasteiger partial charge >= 0.3 is 0 Å². The molecule has 0 saturated heterocycles. The number of rotatable bonds is 19. The summed E-state index contributed by atoms with van der Waals surface area (Å²) in [5, 5.41) is 11.2. The van der Waals surface area contributed by atoms with Crippen LogP contribution in [0.25, 0.3) is 0 Å². The molecule has 0 aromatic heterocycles. The van der Waals surface area contributed by atoms with Gasteiger partial charge in [-0.1, -0.05) is 47.6 Å². The Bertz CT molecular complexity index is 920. The Morgan fingerprint density at radius 1 is 1.00 bits per heavy atom. The summed E-state index contributed by atoms with van der Waals surface area (Å²) >= 11 is 0. The molecule has 39 heavy (non-hydrogen) atoms. The summed E-state index contributed by atoms with van der Waals surface area (Å²) in [6, 6.07) is 5.32. The molecule has 1 aromatic carbocycles. The van der Waals surface area contributed by atoms with Crippen molar-refractivity contribution in [3.05, 3.63) is 23.8 Å². The van der Waals surface area contributed by atoms with E-state index in [0.29, 0.717) is 31.1 Å². The highest BCUT2D eigenvalue weighted by Crippen LogP contribution is 2.44. The molecule has 0 spiro atoms. The topological polar surface area (TPSA) is 160 Å². The third-order valence-corrected chi connectivity index (χ3v) is 8.08. The summed E-state index contributed by atoms with van der Waals surface area (Å²) in [5.41, 5.74) is 17.0. The smallest absolute Gasteiger partial charge is 0.224 e. The fourth-order valence-corrected chi connectivity index (χ4v) is 5.13. The van der Waals surface area contributed by atoms with Crippen LogP contribution >= 0.6 is 0 Å². The molecule has 9 nitrogen and oxygen atoms in total. The first-order valence-electron chi connectivity index (χ1n) is 13.9. The van der Waals surface area contributed by atoms with E-state index in [9.17, 15) is 14.7 Å². The number of aliphatic hydroxyl groups excluding tert-OH is 1. The van der Waals surface area contributed by atoms with Crippen LogP contribution in [-0.4, -0.2) is 56.5 Å². The van der Waals surface area contributed by atoms with Crippen LogP contribution in [0, 0.1) is 28.6 Å². The van der Waals surface area contributed by atoms with E-state index in [1.165, 1.54) is 0 Å². The molecule has 0 radical (unpaired) electrons. The van der Waals surface area contributed by atoms with Gasteiger partial charge in [0.2, 0.25) is 11.8 Å². The van der Waals surface area contributed by atoms with E-state index in [2.05, 4.69) is 13.8 Å². The largest absolute Gasteiger partial charge is 0.493 e. The monoisotopic (exact) mass is 551 g/mol. The Kier molecular flexibility index (Phi) is 13.7. The van der Waals surface area contributed by atoms with Crippen molar-refractivity contribution < 1.29 is 28.9 Å². The lowest BCUT2D eigenvalue weighted by molar-refractivity contribution is -0.139. The van der Waals surface area contributed by atoms with Crippen molar-refractivity contribution in [1.82, 2.24) is 0 Å². The molecular formula is C30H53N3O6. The standard InChI is InChI=1S/C30H53N3O6/c1-19(2)22(14-21-10-11-25(38-8)26(15-21)39-13-9-12-37-7)16-23(31)24(34)17-30(20(3)4,28(33)36)18-29(5,6)27(32)35/h10-11,15,19-20,22-24,34H,9,12-14,16-18,31H2,1-8H3,(H2,32,35)(H2,33,36). The van der Waals surface area contributed by atoms with Gasteiger partial charge in [0.05, 0.1) is 25.2 Å². The number of primary amides is 2. The molecule has 224 valence electrons. The van der Waals surface area contributed by atoms with Gasteiger partial charge in [-0.05, 0) is 61.1 Å². The molecule has 2 amide bonds. The third kappa shape index (κ3) is 9.96. The van der Waals surface area contributed by atoms with Crippen molar-refractivity contribution in [2.45, 2.75) is 85.8 Å². The summed E-state index contributed by atoms with van der Waals surface area (Å²) in [5.74, 6) is 0.490. The average Bonchev–Trinajstić information content (AvgIpc) is 2.85. The predicted octanol–water partition coefficient (Wildman–Crippen LogP) is 3.42. The second kappa shape index (κ2) is 15.4. The summed E-state index contributed by atoms with van der Waals surface area (Å²) in [6.45, 7) is 12.5. The first-order chi connectivity index (χ1) is 18.1. The minimum absolute atomic E-state index is 0.0602. The highest BCUT2D eigenvalue weighted by Gasteiger charge is 2.47. The lowest BCUT2D eigenvalue weighted by Gasteiger charge is -2.42. The molecule has 9 heteroatoms. The minimum Gasteiger partial charge on any atom is -0.493 e. The van der Waals surface area contributed by atoms with E-state index in [0.717, 1.165) is 18.4 Å². The van der Waals surface area contributed by atoms with Gasteiger partial charge in [0.1, 0.15) is 0 Å². The molecule has 1 rings (SSSR count). The van der Waals surface area contributed by atoms with Crippen molar-refractivity contribution in [3.8, 4) is 11.5 Å². The van der Waals surface area contributed by atoms with Crippen molar-refractivity contribution in [2.75, 3.05) is 27.4 Å². The third-order valence-electron chi connectivity index (χ3n) is 8.08. The van der Waals surface area contributed by atoms with E-state index in [4.69, 9.17) is 31.4 Å². The summed E-state index contributed by atoms with van der Waals surface area (Å²) in [6.07, 6.45) is 1.26. The number of nitrogens with two attached hydrogens (primary N) is 3. The molecule has 0 bridgehead atoms. The van der Waals surface area contributed by atoms with Crippen molar-refractivity contribution in [2.24, 2.45) is 45.8 Å². The van der Waals surface area contributed by atoms with Crippen LogP contribution in [0.2, 0.25) is 0 Å². The first-order valence-corrected chi connectivity index (χ1v) is 13.9. The van der Waals surface area contributed by atoms with Gasteiger partial charge in [-0.15, -0.1) is 0 Å². The van der Waals surface area contributed by atoms with E-state index in [1.807, 2.05) is 32.0 Å². The van der Waals surface area contributed by atoms with Crippen LogP contribution in [0.15, 0.2) is 18.2 Å². The molecule has 1 aromatic rings. The first kappa shape index (κ1) is 34.7. The Balaban J connectivity index is 3.09. The van der Waals surface area contributed by atoms with Gasteiger partial charge in [0, 0.05) is 31.6 Å². The molecule has 0 saturated carbocycles. The number of hydrogen-bond acceptors (Lipinski definition) is 7. The van der Waals surface area contributed by atoms with Crippen molar-refractivity contribution in [1.29, 1.82) is 0 Å². The van der Waals surface area contributed by atoms with Gasteiger partial charge in [0.15, 0.2) is 11.5 Å². The fourth-order valence-electron chi connectivity index (χ4n) is 5.13. The molecule has 0 aliphatic carbocycles. The van der Waals surface area contributed by atoms with Gasteiger partial charge in [-0.3, -0.25) is 9.59 Å². The zero-order valence-electron chi connectivity index (χ0n) is 25.3. The molecular weight excluding hydrogens is 498 g/mol. The maximum absolute atomic E-state index is 12.8. The number of carbonyl (C=O) groups is 2. The highest BCUT2D eigenvalue weighted by molar-refractivity contribution is 5.84. The molecule has 4 atom stereocenters. The molecule has 4 unspecified atom stereocenters. The molecule has 0 aliphatic rings.